The summed E-state index contributed by atoms with van der Waals surface area (Å²) in [7, 11) is 1.22. The molecule has 8 heteroatoms. The molecule has 0 heterocycles. The third-order valence-electron chi connectivity index (χ3n) is 1.82. The van der Waals surface area contributed by atoms with Crippen LogP contribution in [-0.2, 0) is 9.59 Å². The van der Waals surface area contributed by atoms with Crippen LogP contribution in [0.25, 0.3) is 0 Å². The fourth-order valence-corrected chi connectivity index (χ4v) is 1.30. The van der Waals surface area contributed by atoms with Crippen molar-refractivity contribution in [2.75, 3.05) is 25.6 Å². The topological polar surface area (TPSA) is 102 Å². The maximum absolute atomic E-state index is 11.7. The molecule has 0 aliphatic heterocycles. The first kappa shape index (κ1) is 16.0. The summed E-state index contributed by atoms with van der Waals surface area (Å²) in [5.74, 6) is -1.55. The first-order chi connectivity index (χ1) is 8.43. The number of urea groups is 1. The van der Waals surface area contributed by atoms with Crippen LogP contribution < -0.4 is 0 Å². The molecule has 0 spiro atoms. The summed E-state index contributed by atoms with van der Waals surface area (Å²) in [6, 6.07) is -0.786. The molecule has 0 aromatic heterocycles. The molecule has 98 valence electrons. The van der Waals surface area contributed by atoms with Crippen molar-refractivity contribution in [2.45, 2.75) is 0 Å². The molecule has 0 aliphatic carbocycles. The van der Waals surface area contributed by atoms with Crippen LogP contribution in [0.15, 0.2) is 12.2 Å². The zero-order valence-electron chi connectivity index (χ0n) is 9.99. The summed E-state index contributed by atoms with van der Waals surface area (Å²) in [5.41, 5.74) is 0. The smallest absolute Gasteiger partial charge is 0.339 e. The van der Waals surface area contributed by atoms with Gasteiger partial charge in [0.2, 0.25) is 0 Å². The van der Waals surface area contributed by atoms with Crippen LogP contribution in [0, 0.1) is 11.5 Å². The van der Waals surface area contributed by atoms with Crippen molar-refractivity contribution in [3.05, 3.63) is 12.2 Å². The van der Waals surface area contributed by atoms with Crippen molar-refractivity contribution >= 4 is 29.7 Å². The number of carboxylic acid groups (broad SMARTS) is 1. The lowest BCUT2D eigenvalue weighted by Gasteiger charge is -2.21. The number of amides is 3. The minimum absolute atomic E-state index is 0.106. The molecule has 18 heavy (non-hydrogen) atoms. The molecule has 0 aromatic carbocycles. The van der Waals surface area contributed by atoms with Gasteiger partial charge in [-0.1, -0.05) is 0 Å². The van der Waals surface area contributed by atoms with E-state index in [9.17, 15) is 14.4 Å². The van der Waals surface area contributed by atoms with E-state index in [0.717, 1.165) is 11.0 Å². The van der Waals surface area contributed by atoms with E-state index in [-0.39, 0.29) is 6.54 Å². The molecule has 0 unspecified atom stereocenters. The van der Waals surface area contributed by atoms with Crippen LogP contribution in [0.4, 0.5) is 4.79 Å². The molecule has 0 bridgehead atoms. The van der Waals surface area contributed by atoms with E-state index in [2.05, 4.69) is 0 Å². The van der Waals surface area contributed by atoms with Crippen LogP contribution in [0.5, 0.6) is 0 Å². The largest absolute Gasteiger partial charge is 0.478 e. The molecule has 0 saturated heterocycles. The lowest BCUT2D eigenvalue weighted by atomic mass is 10.4. The van der Waals surface area contributed by atoms with Crippen LogP contribution in [0.3, 0.4) is 0 Å². The van der Waals surface area contributed by atoms with Gasteiger partial charge < -0.3 is 5.11 Å². The van der Waals surface area contributed by atoms with Gasteiger partial charge in [-0.05, 0) is 6.26 Å². The second-order valence-corrected chi connectivity index (χ2v) is 4.08. The Kier molecular flexibility index (Phi) is 7.23. The van der Waals surface area contributed by atoms with Gasteiger partial charge in [0, 0.05) is 31.5 Å². The van der Waals surface area contributed by atoms with Crippen molar-refractivity contribution in [3.63, 3.8) is 0 Å². The van der Waals surface area contributed by atoms with Crippen molar-refractivity contribution in [3.8, 4) is 6.19 Å². The predicted molar refractivity (Wildman–Crippen MR) is 65.6 cm³/mol. The van der Waals surface area contributed by atoms with E-state index in [1.807, 2.05) is 0 Å². The molecule has 0 aliphatic rings. The molecule has 0 rings (SSSR count). The van der Waals surface area contributed by atoms with Crippen molar-refractivity contribution < 1.29 is 19.5 Å². The average molecular weight is 271 g/mol. The van der Waals surface area contributed by atoms with Crippen LogP contribution in [0.2, 0.25) is 0 Å². The Labute approximate surface area is 109 Å². The molecule has 3 amide bonds. The summed E-state index contributed by atoms with van der Waals surface area (Å²) in [6.07, 6.45) is 4.81. The number of rotatable bonds is 5. The standard InChI is InChI=1S/C10H13N3O4S/c1-12(7-11)10(17)13(5-6-18-2)8(14)3-4-9(15)16/h3-4H,5-6H2,1-2H3,(H,15,16)/b4-3+. The van der Waals surface area contributed by atoms with Gasteiger partial charge in [0.15, 0.2) is 6.19 Å². The van der Waals surface area contributed by atoms with Crippen molar-refractivity contribution in [1.82, 2.24) is 9.80 Å². The van der Waals surface area contributed by atoms with Crippen molar-refractivity contribution in [1.29, 1.82) is 5.26 Å². The number of nitrogens with zero attached hydrogens (tertiary/aromatic N) is 3. The van der Waals surface area contributed by atoms with Gasteiger partial charge in [-0.3, -0.25) is 9.69 Å². The minimum Gasteiger partial charge on any atom is -0.478 e. The Balaban J connectivity index is 4.88. The highest BCUT2D eigenvalue weighted by Crippen LogP contribution is 2.02. The number of carboxylic acids is 1. The quantitative estimate of drug-likeness (QED) is 0.440. The number of carbonyl (C=O) groups excluding carboxylic acids is 2. The first-order valence-electron chi connectivity index (χ1n) is 4.83. The third-order valence-corrected chi connectivity index (χ3v) is 2.41. The summed E-state index contributed by atoms with van der Waals surface area (Å²) in [4.78, 5) is 35.1. The second-order valence-electron chi connectivity index (χ2n) is 3.10. The average Bonchev–Trinajstić information content (AvgIpc) is 2.35. The zero-order valence-corrected chi connectivity index (χ0v) is 10.8. The third kappa shape index (κ3) is 5.36. The summed E-state index contributed by atoms with van der Waals surface area (Å²) < 4.78 is 0. The van der Waals surface area contributed by atoms with E-state index in [1.54, 1.807) is 12.4 Å². The summed E-state index contributed by atoms with van der Waals surface area (Å²) >= 11 is 1.42. The number of nitriles is 1. The molecule has 7 nitrogen and oxygen atoms in total. The molecule has 0 atom stereocenters. The van der Waals surface area contributed by atoms with Gasteiger partial charge in [-0.15, -0.1) is 0 Å². The van der Waals surface area contributed by atoms with Gasteiger partial charge in [0.05, 0.1) is 0 Å². The highest BCUT2D eigenvalue weighted by molar-refractivity contribution is 7.98. The second kappa shape index (κ2) is 8.14. The van der Waals surface area contributed by atoms with E-state index in [4.69, 9.17) is 10.4 Å². The maximum atomic E-state index is 11.7. The van der Waals surface area contributed by atoms with Gasteiger partial charge in [-0.2, -0.15) is 17.0 Å². The number of thioether (sulfide) groups is 1. The number of hydrogen-bond acceptors (Lipinski definition) is 5. The van der Waals surface area contributed by atoms with Crippen LogP contribution >= 0.6 is 11.8 Å². The molecule has 0 saturated carbocycles. The summed E-state index contributed by atoms with van der Waals surface area (Å²) in [5, 5.41) is 17.0. The number of carbonyl (C=O) groups is 3. The highest BCUT2D eigenvalue weighted by Gasteiger charge is 2.22. The Morgan fingerprint density at radius 1 is 1.39 bits per heavy atom. The van der Waals surface area contributed by atoms with Gasteiger partial charge in [0.25, 0.3) is 5.91 Å². The lowest BCUT2D eigenvalue weighted by molar-refractivity contribution is -0.132. The molecular weight excluding hydrogens is 258 g/mol. The van der Waals surface area contributed by atoms with Gasteiger partial charge >= 0.3 is 12.0 Å². The molecule has 0 aromatic rings. The van der Waals surface area contributed by atoms with Crippen molar-refractivity contribution in [2.24, 2.45) is 0 Å². The molecule has 1 N–H and O–H groups in total. The lowest BCUT2D eigenvalue weighted by Crippen LogP contribution is -2.43. The van der Waals surface area contributed by atoms with Gasteiger partial charge in [-0.25, -0.2) is 14.5 Å². The molecule has 0 fully saturated rings. The SMILES string of the molecule is CSCCN(C(=O)/C=C/C(=O)O)C(=O)N(C)C#N. The zero-order chi connectivity index (χ0) is 14.1. The Morgan fingerprint density at radius 2 is 2.00 bits per heavy atom. The Bertz CT molecular complexity index is 402. The minimum atomic E-state index is -1.28. The Hall–Kier alpha value is -2.01. The fraction of sp³-hybridized carbons (Fsp3) is 0.400. The normalized spacial score (nSPS) is 9.83. The Morgan fingerprint density at radius 3 is 2.44 bits per heavy atom. The summed E-state index contributed by atoms with van der Waals surface area (Å²) in [6.45, 7) is 0.106. The van der Waals surface area contributed by atoms with E-state index in [1.165, 1.54) is 18.8 Å². The maximum Gasteiger partial charge on any atom is 0.339 e. The first-order valence-corrected chi connectivity index (χ1v) is 6.22. The van der Waals surface area contributed by atoms with Crippen LogP contribution in [0.1, 0.15) is 0 Å². The number of hydrogen-bond donors (Lipinski definition) is 1. The van der Waals surface area contributed by atoms with Gasteiger partial charge in [0.1, 0.15) is 0 Å². The number of aliphatic carboxylic acids is 1. The van der Waals surface area contributed by atoms with E-state index < -0.39 is 17.9 Å². The molecule has 0 radical (unpaired) electrons. The molecular formula is C10H13N3O4S. The highest BCUT2D eigenvalue weighted by atomic mass is 32.2. The fourth-order valence-electron chi connectivity index (χ4n) is 0.939. The monoisotopic (exact) mass is 271 g/mol. The predicted octanol–water partition coefficient (Wildman–Crippen LogP) is 0.352. The number of imide groups is 1. The van der Waals surface area contributed by atoms with E-state index >= 15 is 0 Å². The van der Waals surface area contributed by atoms with Crippen LogP contribution in [-0.4, -0.2) is 58.4 Å². The van der Waals surface area contributed by atoms with E-state index in [0.29, 0.717) is 16.7 Å².